The first-order chi connectivity index (χ1) is 46.7. The van der Waals surface area contributed by atoms with Gasteiger partial charge < -0.3 is 33.8 Å². The van der Waals surface area contributed by atoms with Gasteiger partial charge in [-0.25, -0.2) is 9.13 Å². The summed E-state index contributed by atoms with van der Waals surface area (Å²) in [6.45, 7) is 4.76. The molecule has 5 unspecified atom stereocenters. The zero-order chi connectivity index (χ0) is 70.4. The van der Waals surface area contributed by atoms with Crippen LogP contribution in [0.5, 0.6) is 0 Å². The lowest BCUT2D eigenvalue weighted by Crippen LogP contribution is -2.30. The fraction of sp³-hybridized carbons (Fsp3) is 0.818. The quantitative estimate of drug-likeness (QED) is 0.0169. The number of allylic oxidation sites excluding steroid dienone is 10. The minimum absolute atomic E-state index is 0.0784. The molecule has 0 saturated heterocycles. The lowest BCUT2D eigenvalue weighted by Gasteiger charge is -2.21. The maximum absolute atomic E-state index is 13.1. The number of aliphatic hydroxyl groups is 1. The number of rotatable bonds is 73. The number of esters is 4. The molecular formula is C77H140O17P2. The topological polar surface area (TPSA) is 237 Å². The van der Waals surface area contributed by atoms with E-state index in [-0.39, 0.29) is 25.7 Å². The van der Waals surface area contributed by atoms with Gasteiger partial charge in [-0.2, -0.15) is 0 Å². The summed E-state index contributed by atoms with van der Waals surface area (Å²) in [5.74, 6) is -2.18. The van der Waals surface area contributed by atoms with Crippen molar-refractivity contribution in [1.29, 1.82) is 0 Å². The lowest BCUT2D eigenvalue weighted by atomic mass is 10.0. The SMILES string of the molecule is CC/C=C\C/C=C\C/C=C\CCCCCCCC(=O)OCC(COP(=O)(O)OCC(O)COP(=O)(O)OCC(COC(=O)CCCCCCCCCCCCCCC)OC(=O)CCCCCCCCCCCCCCC)OC(=O)CCCCCCC/C=C\C/C=C\CCCCC. The molecule has 0 aliphatic heterocycles. The van der Waals surface area contributed by atoms with Crippen molar-refractivity contribution < 1.29 is 80.2 Å². The van der Waals surface area contributed by atoms with Crippen LogP contribution in [0.25, 0.3) is 0 Å². The normalized spacial score (nSPS) is 14.3. The number of carbonyl (C=O) groups excluding carboxylic acids is 4. The Morgan fingerprint density at radius 3 is 0.854 bits per heavy atom. The molecular weight excluding hydrogens is 1260 g/mol. The Morgan fingerprint density at radius 2 is 0.542 bits per heavy atom. The van der Waals surface area contributed by atoms with Crippen LogP contribution in [0.4, 0.5) is 0 Å². The van der Waals surface area contributed by atoms with Gasteiger partial charge in [-0.1, -0.05) is 294 Å². The fourth-order valence-electron chi connectivity index (χ4n) is 10.6. The molecule has 0 aliphatic carbocycles. The highest BCUT2D eigenvalue weighted by atomic mass is 31.2. The van der Waals surface area contributed by atoms with Gasteiger partial charge in [0, 0.05) is 25.7 Å². The molecule has 560 valence electrons. The lowest BCUT2D eigenvalue weighted by molar-refractivity contribution is -0.161. The summed E-state index contributed by atoms with van der Waals surface area (Å²) in [7, 11) is -9.94. The molecule has 0 amide bonds. The Balaban J connectivity index is 5.33. The smallest absolute Gasteiger partial charge is 0.462 e. The Hall–Kier alpha value is -3.24. The van der Waals surface area contributed by atoms with Gasteiger partial charge in [0.05, 0.1) is 26.4 Å². The number of phosphoric ester groups is 2. The maximum atomic E-state index is 13.1. The summed E-state index contributed by atoms with van der Waals surface area (Å²) in [5.41, 5.74) is 0. The minimum atomic E-state index is -4.97. The number of ether oxygens (including phenoxy) is 4. The van der Waals surface area contributed by atoms with Gasteiger partial charge in [0.1, 0.15) is 19.3 Å². The molecule has 0 aliphatic rings. The van der Waals surface area contributed by atoms with Crippen molar-refractivity contribution in [2.75, 3.05) is 39.6 Å². The first kappa shape index (κ1) is 92.8. The molecule has 0 bridgehead atoms. The van der Waals surface area contributed by atoms with Crippen LogP contribution in [-0.4, -0.2) is 96.7 Å². The molecule has 17 nitrogen and oxygen atoms in total. The fourth-order valence-corrected chi connectivity index (χ4v) is 12.2. The molecule has 0 spiro atoms. The number of carbonyl (C=O) groups is 4. The third-order valence-corrected chi connectivity index (χ3v) is 18.4. The highest BCUT2D eigenvalue weighted by molar-refractivity contribution is 7.47. The largest absolute Gasteiger partial charge is 0.472 e. The van der Waals surface area contributed by atoms with E-state index in [1.165, 1.54) is 128 Å². The van der Waals surface area contributed by atoms with E-state index in [1.807, 2.05) is 0 Å². The van der Waals surface area contributed by atoms with Crippen LogP contribution < -0.4 is 0 Å². The molecule has 96 heavy (non-hydrogen) atoms. The molecule has 0 fully saturated rings. The molecule has 0 saturated carbocycles. The Bertz CT molecular complexity index is 2060. The van der Waals surface area contributed by atoms with Crippen molar-refractivity contribution in [2.45, 2.75) is 367 Å². The molecule has 19 heteroatoms. The third-order valence-electron chi connectivity index (χ3n) is 16.5. The van der Waals surface area contributed by atoms with Gasteiger partial charge in [0.25, 0.3) is 0 Å². The number of hydrogen-bond donors (Lipinski definition) is 3. The Kier molecular flexibility index (Phi) is 67.8. The summed E-state index contributed by atoms with van der Waals surface area (Å²) in [5, 5.41) is 10.6. The van der Waals surface area contributed by atoms with E-state index >= 15 is 0 Å². The second-order valence-corrected chi connectivity index (χ2v) is 28.8. The summed E-state index contributed by atoms with van der Waals surface area (Å²) in [6.07, 6.45) is 67.7. The van der Waals surface area contributed by atoms with Crippen LogP contribution in [0, 0.1) is 0 Å². The van der Waals surface area contributed by atoms with Crippen molar-refractivity contribution in [3.05, 3.63) is 60.8 Å². The van der Waals surface area contributed by atoms with E-state index in [1.54, 1.807) is 0 Å². The van der Waals surface area contributed by atoms with Crippen LogP contribution in [0.3, 0.4) is 0 Å². The second-order valence-electron chi connectivity index (χ2n) is 25.9. The highest BCUT2D eigenvalue weighted by Gasteiger charge is 2.30. The van der Waals surface area contributed by atoms with Crippen LogP contribution in [-0.2, 0) is 65.4 Å². The van der Waals surface area contributed by atoms with Crippen molar-refractivity contribution in [2.24, 2.45) is 0 Å². The van der Waals surface area contributed by atoms with Crippen molar-refractivity contribution in [1.82, 2.24) is 0 Å². The number of aliphatic hydroxyl groups excluding tert-OH is 1. The van der Waals surface area contributed by atoms with Crippen molar-refractivity contribution >= 4 is 39.5 Å². The van der Waals surface area contributed by atoms with Crippen LogP contribution in [0.2, 0.25) is 0 Å². The second kappa shape index (κ2) is 70.2. The van der Waals surface area contributed by atoms with Crippen LogP contribution in [0.15, 0.2) is 60.8 Å². The average Bonchev–Trinajstić information content (AvgIpc) is 1.36. The third kappa shape index (κ3) is 69.2. The van der Waals surface area contributed by atoms with Gasteiger partial charge in [-0.3, -0.25) is 37.3 Å². The van der Waals surface area contributed by atoms with Crippen LogP contribution >= 0.6 is 15.6 Å². The van der Waals surface area contributed by atoms with E-state index in [0.29, 0.717) is 25.7 Å². The molecule has 0 aromatic heterocycles. The molecule has 3 N–H and O–H groups in total. The molecule has 0 heterocycles. The van der Waals surface area contributed by atoms with Gasteiger partial charge in [0.15, 0.2) is 12.2 Å². The standard InChI is InChI=1S/C77H140O17P2/c1-5-9-13-17-21-25-29-33-35-39-42-46-50-54-58-62-75(80)88-68-73(94-77(82)64-60-56-52-48-44-40-36-34-30-26-22-18-14-10-6-2)70-92-96(85,86)90-66-71(78)65-89-95(83,84)91-69-72(93-76(81)63-59-55-51-47-43-38-32-28-24-20-16-12-8-4)67-87-74(79)61-57-53-49-45-41-37-31-27-23-19-15-11-7-3/h9,13,21-22,25-26,33-36,71-73,78H,5-8,10-12,14-20,23-24,27-32,37-70H2,1-4H3,(H,83,84)(H,85,86)/b13-9-,25-21-,26-22-,35-33-,36-34-. The first-order valence-corrected chi connectivity index (χ1v) is 41.5. The maximum Gasteiger partial charge on any atom is 0.472 e. The van der Waals surface area contributed by atoms with E-state index in [4.69, 9.17) is 37.0 Å². The molecule has 0 rings (SSSR count). The zero-order valence-corrected chi connectivity index (χ0v) is 62.8. The molecule has 0 radical (unpaired) electrons. The van der Waals surface area contributed by atoms with E-state index in [9.17, 15) is 43.2 Å². The highest BCUT2D eigenvalue weighted by Crippen LogP contribution is 2.45. The van der Waals surface area contributed by atoms with E-state index in [2.05, 4.69) is 88.5 Å². The monoisotopic (exact) mass is 1400 g/mol. The number of hydrogen-bond acceptors (Lipinski definition) is 15. The Labute approximate surface area is 584 Å². The summed E-state index contributed by atoms with van der Waals surface area (Å²) in [4.78, 5) is 72.8. The molecule has 5 atom stereocenters. The molecule has 0 aromatic carbocycles. The average molecular weight is 1400 g/mol. The predicted molar refractivity (Wildman–Crippen MR) is 390 cm³/mol. The van der Waals surface area contributed by atoms with Crippen LogP contribution in [0.1, 0.15) is 349 Å². The minimum Gasteiger partial charge on any atom is -0.462 e. The zero-order valence-electron chi connectivity index (χ0n) is 61.1. The van der Waals surface area contributed by atoms with E-state index in [0.717, 1.165) is 141 Å². The first-order valence-electron chi connectivity index (χ1n) is 38.5. The summed E-state index contributed by atoms with van der Waals surface area (Å²) in [6, 6.07) is 0. The van der Waals surface area contributed by atoms with Crippen molar-refractivity contribution in [3.8, 4) is 0 Å². The van der Waals surface area contributed by atoms with E-state index < -0.39 is 97.5 Å². The van der Waals surface area contributed by atoms with Gasteiger partial charge in [0.2, 0.25) is 0 Å². The summed E-state index contributed by atoms with van der Waals surface area (Å²) < 4.78 is 68.5. The van der Waals surface area contributed by atoms with Gasteiger partial charge >= 0.3 is 39.5 Å². The molecule has 0 aromatic rings. The Morgan fingerprint density at radius 1 is 0.302 bits per heavy atom. The van der Waals surface area contributed by atoms with Crippen molar-refractivity contribution in [3.63, 3.8) is 0 Å². The number of unbranched alkanes of at least 4 members (excludes halogenated alkanes) is 37. The predicted octanol–water partition coefficient (Wildman–Crippen LogP) is 21.9. The summed E-state index contributed by atoms with van der Waals surface area (Å²) >= 11 is 0. The van der Waals surface area contributed by atoms with Gasteiger partial charge in [-0.05, 0) is 89.9 Å². The number of phosphoric acid groups is 2. The van der Waals surface area contributed by atoms with Gasteiger partial charge in [-0.15, -0.1) is 0 Å².